The summed E-state index contributed by atoms with van der Waals surface area (Å²) in [5, 5.41) is 12.6. The van der Waals surface area contributed by atoms with Crippen LogP contribution in [-0.4, -0.2) is 11.0 Å². The van der Waals surface area contributed by atoms with Crippen LogP contribution in [0.5, 0.6) is 5.75 Å². The van der Waals surface area contributed by atoms with Crippen molar-refractivity contribution in [3.63, 3.8) is 0 Å². The summed E-state index contributed by atoms with van der Waals surface area (Å²) >= 11 is 6.00. The zero-order chi connectivity index (χ0) is 14.0. The van der Waals surface area contributed by atoms with Crippen LogP contribution in [0, 0.1) is 6.92 Å². The molecule has 19 heavy (non-hydrogen) atoms. The normalized spacial score (nSPS) is 10.2. The number of rotatable bonds is 2. The number of aromatic hydroxyl groups is 1. The molecule has 0 aliphatic rings. The van der Waals surface area contributed by atoms with Gasteiger partial charge in [0.15, 0.2) is 0 Å². The Kier molecular flexibility index (Phi) is 3.62. The zero-order valence-corrected chi connectivity index (χ0v) is 11.0. The maximum atomic E-state index is 12.0. The molecule has 2 aromatic rings. The molecule has 4 N–H and O–H groups in total. The van der Waals surface area contributed by atoms with E-state index in [0.29, 0.717) is 16.3 Å². The molecule has 1 amide bonds. The van der Waals surface area contributed by atoms with Gasteiger partial charge in [-0.15, -0.1) is 0 Å². The average molecular weight is 277 g/mol. The molecule has 4 nitrogen and oxygen atoms in total. The number of hydrogen-bond donors (Lipinski definition) is 3. The molecule has 0 unspecified atom stereocenters. The Hall–Kier alpha value is -2.20. The molecule has 2 aromatic carbocycles. The van der Waals surface area contributed by atoms with Gasteiger partial charge in [0.2, 0.25) is 0 Å². The van der Waals surface area contributed by atoms with Crippen LogP contribution in [0.3, 0.4) is 0 Å². The highest BCUT2D eigenvalue weighted by Gasteiger charge is 2.10. The minimum absolute atomic E-state index is 0.122. The summed E-state index contributed by atoms with van der Waals surface area (Å²) in [7, 11) is 0. The molecular weight excluding hydrogens is 264 g/mol. The molecule has 5 heteroatoms. The Labute approximate surface area is 115 Å². The number of hydrogen-bond acceptors (Lipinski definition) is 3. The van der Waals surface area contributed by atoms with E-state index in [9.17, 15) is 9.90 Å². The third-order valence-electron chi connectivity index (χ3n) is 2.66. The Balaban J connectivity index is 2.25. The van der Waals surface area contributed by atoms with Crippen LogP contribution in [0.2, 0.25) is 5.02 Å². The van der Waals surface area contributed by atoms with Crippen LogP contribution in [0.1, 0.15) is 15.9 Å². The maximum Gasteiger partial charge on any atom is 0.255 e. The molecule has 0 fully saturated rings. The number of anilines is 2. The second kappa shape index (κ2) is 5.20. The fraction of sp³-hybridized carbons (Fsp3) is 0.0714. The second-order valence-electron chi connectivity index (χ2n) is 4.21. The summed E-state index contributed by atoms with van der Waals surface area (Å²) in [5.74, 6) is -0.481. The second-order valence-corrected chi connectivity index (χ2v) is 4.62. The van der Waals surface area contributed by atoms with E-state index >= 15 is 0 Å². The summed E-state index contributed by atoms with van der Waals surface area (Å²) < 4.78 is 0. The average Bonchev–Trinajstić information content (AvgIpc) is 2.37. The number of nitrogens with two attached hydrogens (primary N) is 1. The van der Waals surface area contributed by atoms with E-state index in [1.807, 2.05) is 13.0 Å². The number of nitrogens with one attached hydrogen (secondary N) is 1. The summed E-state index contributed by atoms with van der Waals surface area (Å²) in [6.45, 7) is 1.90. The number of aryl methyl sites for hydroxylation is 1. The van der Waals surface area contributed by atoms with Gasteiger partial charge in [0.1, 0.15) is 5.75 Å². The van der Waals surface area contributed by atoms with E-state index in [-0.39, 0.29) is 17.3 Å². The Morgan fingerprint density at radius 2 is 2.00 bits per heavy atom. The predicted molar refractivity (Wildman–Crippen MR) is 76.7 cm³/mol. The van der Waals surface area contributed by atoms with Gasteiger partial charge in [-0.2, -0.15) is 0 Å². The minimum Gasteiger partial charge on any atom is -0.506 e. The topological polar surface area (TPSA) is 75.4 Å². The quantitative estimate of drug-likeness (QED) is 0.582. The van der Waals surface area contributed by atoms with Gasteiger partial charge < -0.3 is 16.2 Å². The number of halogens is 1. The van der Waals surface area contributed by atoms with Gasteiger partial charge in [-0.3, -0.25) is 4.79 Å². The number of benzene rings is 2. The molecule has 0 bridgehead atoms. The lowest BCUT2D eigenvalue weighted by atomic mass is 10.1. The standard InChI is InChI=1S/C14H13ClN2O2/c1-8-2-4-10(15)12(6-8)17-14(19)9-3-5-11(16)13(18)7-9/h2-7,18H,16H2,1H3,(H,17,19). The molecule has 0 spiro atoms. The van der Waals surface area contributed by atoms with Gasteiger partial charge in [-0.1, -0.05) is 17.7 Å². The number of carbonyl (C=O) groups excluding carboxylic acids is 1. The number of phenols is 1. The van der Waals surface area contributed by atoms with Crippen molar-refractivity contribution in [3.8, 4) is 5.75 Å². The third kappa shape index (κ3) is 2.98. The summed E-state index contributed by atoms with van der Waals surface area (Å²) in [5.41, 5.74) is 7.54. The van der Waals surface area contributed by atoms with Gasteiger partial charge in [0.05, 0.1) is 16.4 Å². The van der Waals surface area contributed by atoms with Gasteiger partial charge >= 0.3 is 0 Å². The summed E-state index contributed by atoms with van der Waals surface area (Å²) in [4.78, 5) is 12.0. The molecule has 0 heterocycles. The number of amides is 1. The smallest absolute Gasteiger partial charge is 0.255 e. The lowest BCUT2D eigenvalue weighted by Gasteiger charge is -2.09. The van der Waals surface area contributed by atoms with E-state index in [1.165, 1.54) is 18.2 Å². The van der Waals surface area contributed by atoms with Crippen LogP contribution >= 0.6 is 11.6 Å². The van der Waals surface area contributed by atoms with Crippen molar-refractivity contribution in [3.05, 3.63) is 52.5 Å². The first kappa shape index (κ1) is 13.2. The molecule has 0 radical (unpaired) electrons. The monoisotopic (exact) mass is 276 g/mol. The first-order valence-electron chi connectivity index (χ1n) is 5.63. The molecule has 0 aliphatic heterocycles. The molecule has 0 atom stereocenters. The molecular formula is C14H13ClN2O2. The van der Waals surface area contributed by atoms with Crippen molar-refractivity contribution in [1.29, 1.82) is 0 Å². The fourth-order valence-electron chi connectivity index (χ4n) is 1.61. The predicted octanol–water partition coefficient (Wildman–Crippen LogP) is 3.19. The molecule has 2 rings (SSSR count). The first-order valence-corrected chi connectivity index (χ1v) is 6.01. The van der Waals surface area contributed by atoms with Crippen LogP contribution in [-0.2, 0) is 0 Å². The lowest BCUT2D eigenvalue weighted by Crippen LogP contribution is -2.12. The highest BCUT2D eigenvalue weighted by molar-refractivity contribution is 6.34. The van der Waals surface area contributed by atoms with Crippen LogP contribution in [0.15, 0.2) is 36.4 Å². The molecule has 98 valence electrons. The lowest BCUT2D eigenvalue weighted by molar-refractivity contribution is 0.102. The van der Waals surface area contributed by atoms with E-state index in [4.69, 9.17) is 17.3 Å². The molecule has 0 aromatic heterocycles. The maximum absolute atomic E-state index is 12.0. The Morgan fingerprint density at radius 1 is 1.26 bits per heavy atom. The first-order chi connectivity index (χ1) is 8.97. The highest BCUT2D eigenvalue weighted by atomic mass is 35.5. The fourth-order valence-corrected chi connectivity index (χ4v) is 1.78. The summed E-state index contributed by atoms with van der Waals surface area (Å²) in [6.07, 6.45) is 0. The highest BCUT2D eigenvalue weighted by Crippen LogP contribution is 2.25. The van der Waals surface area contributed by atoms with Gasteiger partial charge in [-0.05, 0) is 42.8 Å². The third-order valence-corrected chi connectivity index (χ3v) is 2.99. The van der Waals surface area contributed by atoms with Gasteiger partial charge in [0.25, 0.3) is 5.91 Å². The van der Waals surface area contributed by atoms with E-state index in [1.54, 1.807) is 12.1 Å². The van der Waals surface area contributed by atoms with Crippen molar-refractivity contribution in [2.24, 2.45) is 0 Å². The van der Waals surface area contributed by atoms with E-state index in [2.05, 4.69) is 5.32 Å². The van der Waals surface area contributed by atoms with Crippen LogP contribution in [0.25, 0.3) is 0 Å². The summed E-state index contributed by atoms with van der Waals surface area (Å²) in [6, 6.07) is 9.67. The molecule has 0 aliphatic carbocycles. The number of carbonyl (C=O) groups is 1. The largest absolute Gasteiger partial charge is 0.506 e. The van der Waals surface area contributed by atoms with Gasteiger partial charge in [0, 0.05) is 5.56 Å². The van der Waals surface area contributed by atoms with Crippen molar-refractivity contribution >= 4 is 28.9 Å². The van der Waals surface area contributed by atoms with E-state index in [0.717, 1.165) is 5.56 Å². The van der Waals surface area contributed by atoms with E-state index < -0.39 is 0 Å². The van der Waals surface area contributed by atoms with Crippen molar-refractivity contribution < 1.29 is 9.90 Å². The van der Waals surface area contributed by atoms with Crippen LogP contribution in [0.4, 0.5) is 11.4 Å². The van der Waals surface area contributed by atoms with Crippen molar-refractivity contribution in [2.75, 3.05) is 11.1 Å². The number of phenolic OH excluding ortho intramolecular Hbond substituents is 1. The van der Waals surface area contributed by atoms with Crippen LogP contribution < -0.4 is 11.1 Å². The Bertz CT molecular complexity index is 641. The molecule has 0 saturated carbocycles. The van der Waals surface area contributed by atoms with Crippen molar-refractivity contribution in [1.82, 2.24) is 0 Å². The minimum atomic E-state index is -0.359. The van der Waals surface area contributed by atoms with Crippen molar-refractivity contribution in [2.45, 2.75) is 6.92 Å². The Morgan fingerprint density at radius 3 is 2.68 bits per heavy atom. The number of nitrogen functional groups attached to an aromatic ring is 1. The molecule has 0 saturated heterocycles. The SMILES string of the molecule is Cc1ccc(Cl)c(NC(=O)c2ccc(N)c(O)c2)c1. The van der Waals surface area contributed by atoms with Gasteiger partial charge in [-0.25, -0.2) is 0 Å². The zero-order valence-electron chi connectivity index (χ0n) is 10.3.